The number of hydroxylamine groups is 1. The van der Waals surface area contributed by atoms with Gasteiger partial charge in [0.25, 0.3) is 0 Å². The van der Waals surface area contributed by atoms with E-state index in [0.717, 1.165) is 11.3 Å². The zero-order valence-corrected chi connectivity index (χ0v) is 16.3. The van der Waals surface area contributed by atoms with Crippen LogP contribution in [0.2, 0.25) is 5.02 Å². The Morgan fingerprint density at radius 2 is 1.57 bits per heavy atom. The van der Waals surface area contributed by atoms with Crippen LogP contribution >= 0.6 is 11.6 Å². The van der Waals surface area contributed by atoms with Gasteiger partial charge in [-0.25, -0.2) is 5.06 Å². The maximum Gasteiger partial charge on any atom is 0.310 e. The molecule has 0 bridgehead atoms. The van der Waals surface area contributed by atoms with Gasteiger partial charge in [-0.2, -0.15) is 0 Å². The molecule has 4 rings (SSSR count). The van der Waals surface area contributed by atoms with Crippen LogP contribution in [0.3, 0.4) is 0 Å². The summed E-state index contributed by atoms with van der Waals surface area (Å²) in [4.78, 5) is 31.1. The number of halogens is 1. The summed E-state index contributed by atoms with van der Waals surface area (Å²) in [5.41, 5.74) is 0.952. The molecule has 1 heterocycles. The molecule has 2 aliphatic rings. The van der Waals surface area contributed by atoms with Crippen molar-refractivity contribution in [2.24, 2.45) is 17.3 Å². The summed E-state index contributed by atoms with van der Waals surface area (Å²) in [7, 11) is 2.65. The summed E-state index contributed by atoms with van der Waals surface area (Å²) in [5.74, 6) is -2.15. The van der Waals surface area contributed by atoms with Crippen molar-refractivity contribution >= 4 is 29.2 Å². The zero-order valence-electron chi connectivity index (χ0n) is 15.5. The van der Waals surface area contributed by atoms with Gasteiger partial charge in [-0.15, -0.1) is 0 Å². The summed E-state index contributed by atoms with van der Waals surface area (Å²) < 4.78 is 9.98. The van der Waals surface area contributed by atoms with Crippen molar-refractivity contribution in [3.8, 4) is 0 Å². The van der Waals surface area contributed by atoms with Crippen LogP contribution in [0, 0.1) is 17.3 Å². The Bertz CT molecular complexity index is 863. The minimum absolute atomic E-state index is 0.203. The first-order valence-corrected chi connectivity index (χ1v) is 9.30. The van der Waals surface area contributed by atoms with E-state index in [0.29, 0.717) is 5.02 Å². The molecule has 1 saturated heterocycles. The summed E-state index contributed by atoms with van der Waals surface area (Å²) in [6.45, 7) is 0.203. The fraction of sp³-hybridized carbons (Fsp3) is 0.333. The molecule has 2 aromatic rings. The number of hydrogen-bond donors (Lipinski definition) is 0. The number of benzene rings is 2. The Hall–Kier alpha value is -2.57. The van der Waals surface area contributed by atoms with Gasteiger partial charge in [0.2, 0.25) is 0 Å². The second-order valence-electron chi connectivity index (χ2n) is 7.00. The highest BCUT2D eigenvalue weighted by atomic mass is 35.5. The van der Waals surface area contributed by atoms with Crippen molar-refractivity contribution in [1.82, 2.24) is 0 Å². The molecule has 1 aliphatic carbocycles. The van der Waals surface area contributed by atoms with E-state index in [9.17, 15) is 9.59 Å². The molecule has 7 heteroatoms. The predicted octanol–water partition coefficient (Wildman–Crippen LogP) is 3.41. The molecule has 146 valence electrons. The maximum atomic E-state index is 12.5. The number of methoxy groups -OCH3 is 2. The van der Waals surface area contributed by atoms with Gasteiger partial charge in [0.1, 0.15) is 0 Å². The fourth-order valence-corrected chi connectivity index (χ4v) is 4.51. The van der Waals surface area contributed by atoms with Gasteiger partial charge < -0.3 is 9.47 Å². The maximum absolute atomic E-state index is 12.5. The van der Waals surface area contributed by atoms with Crippen LogP contribution in [0.25, 0.3) is 0 Å². The Morgan fingerprint density at radius 3 is 2.11 bits per heavy atom. The third-order valence-corrected chi connectivity index (χ3v) is 5.94. The monoisotopic (exact) mass is 401 g/mol. The normalized spacial score (nSPS) is 28.2. The topological polar surface area (TPSA) is 65.1 Å². The second kappa shape index (κ2) is 7.11. The number of esters is 2. The summed E-state index contributed by atoms with van der Waals surface area (Å²) in [5, 5.41) is 2.37. The summed E-state index contributed by atoms with van der Waals surface area (Å²) in [6.07, 6.45) is 0. The van der Waals surface area contributed by atoms with Crippen LogP contribution in [-0.2, 0) is 23.9 Å². The van der Waals surface area contributed by atoms with Crippen LogP contribution in [0.15, 0.2) is 54.6 Å². The third-order valence-electron chi connectivity index (χ3n) is 5.69. The van der Waals surface area contributed by atoms with Gasteiger partial charge in [-0.1, -0.05) is 41.9 Å². The van der Waals surface area contributed by atoms with Crippen molar-refractivity contribution in [1.29, 1.82) is 0 Å². The Labute approximate surface area is 167 Å². The number of anilines is 1. The molecule has 2 aromatic carbocycles. The number of ether oxygens (including phenoxy) is 2. The highest BCUT2D eigenvalue weighted by molar-refractivity contribution is 6.30. The lowest BCUT2D eigenvalue weighted by molar-refractivity contribution is -0.148. The summed E-state index contributed by atoms with van der Waals surface area (Å²) in [6, 6.07) is 16.5. The number of hydrogen-bond acceptors (Lipinski definition) is 6. The molecule has 0 amide bonds. The van der Waals surface area contributed by atoms with Crippen LogP contribution in [0.1, 0.15) is 11.6 Å². The Kier molecular flexibility index (Phi) is 4.77. The first kappa shape index (κ1) is 18.8. The lowest BCUT2D eigenvalue weighted by atomic mass is 9.87. The average Bonchev–Trinajstić information content (AvgIpc) is 3.24. The van der Waals surface area contributed by atoms with Gasteiger partial charge in [-0.3, -0.25) is 14.4 Å². The molecular weight excluding hydrogens is 382 g/mol. The van der Waals surface area contributed by atoms with E-state index >= 15 is 0 Å². The highest BCUT2D eigenvalue weighted by Gasteiger charge is 2.79. The number of nitrogens with zero attached hydrogens (tertiary/aromatic N) is 1. The van der Waals surface area contributed by atoms with Crippen molar-refractivity contribution in [2.75, 3.05) is 25.9 Å². The van der Waals surface area contributed by atoms with Gasteiger partial charge in [0, 0.05) is 5.02 Å². The number of para-hydroxylation sites is 1. The van der Waals surface area contributed by atoms with Crippen molar-refractivity contribution < 1.29 is 23.9 Å². The van der Waals surface area contributed by atoms with Crippen molar-refractivity contribution in [3.05, 3.63) is 65.2 Å². The molecule has 0 aromatic heterocycles. The van der Waals surface area contributed by atoms with Crippen LogP contribution in [0.5, 0.6) is 0 Å². The Balaban J connectivity index is 1.83. The first-order valence-electron chi connectivity index (χ1n) is 8.93. The summed E-state index contributed by atoms with van der Waals surface area (Å²) >= 11 is 6.07. The number of carbonyl (C=O) groups is 2. The zero-order chi connectivity index (χ0) is 19.9. The first-order chi connectivity index (χ1) is 13.5. The van der Waals surface area contributed by atoms with E-state index in [1.165, 1.54) is 14.2 Å². The van der Waals surface area contributed by atoms with Gasteiger partial charge in [0.15, 0.2) is 0 Å². The molecule has 6 nitrogen and oxygen atoms in total. The van der Waals surface area contributed by atoms with E-state index in [1.54, 1.807) is 17.2 Å². The molecule has 0 N–H and O–H groups in total. The molecule has 28 heavy (non-hydrogen) atoms. The molecule has 3 unspecified atom stereocenters. The fourth-order valence-electron chi connectivity index (χ4n) is 4.39. The molecular formula is C21H20ClNO5. The van der Waals surface area contributed by atoms with Gasteiger partial charge in [0.05, 0.1) is 49.8 Å². The predicted molar refractivity (Wildman–Crippen MR) is 103 cm³/mol. The smallest absolute Gasteiger partial charge is 0.310 e. The molecule has 1 spiro atoms. The van der Waals surface area contributed by atoms with Crippen molar-refractivity contribution in [2.45, 2.75) is 6.04 Å². The second-order valence-corrected chi connectivity index (χ2v) is 7.44. The molecule has 2 fully saturated rings. The van der Waals surface area contributed by atoms with E-state index < -0.39 is 29.2 Å². The number of carbonyl (C=O) groups excluding carboxylic acids is 2. The standard InChI is InChI=1S/C21H20ClNO5/c1-26-19(24)16-17(20(25)27-2)21(16)12-28-23(15-6-4-3-5-7-15)18(21)13-8-10-14(22)11-9-13/h3-11,16-18H,12H2,1-2H3. The van der Waals surface area contributed by atoms with Crippen molar-refractivity contribution in [3.63, 3.8) is 0 Å². The molecule has 0 radical (unpaired) electrons. The quantitative estimate of drug-likeness (QED) is 0.731. The van der Waals surface area contributed by atoms with E-state index in [-0.39, 0.29) is 12.6 Å². The van der Waals surface area contributed by atoms with Gasteiger partial charge in [-0.05, 0) is 29.8 Å². The lowest BCUT2D eigenvalue weighted by Gasteiger charge is -2.28. The van der Waals surface area contributed by atoms with E-state index in [1.807, 2.05) is 42.5 Å². The van der Waals surface area contributed by atoms with E-state index in [2.05, 4.69) is 0 Å². The third kappa shape index (κ3) is 2.75. The number of rotatable bonds is 4. The van der Waals surface area contributed by atoms with Gasteiger partial charge >= 0.3 is 11.9 Å². The molecule has 3 atom stereocenters. The molecule has 1 aliphatic heterocycles. The minimum Gasteiger partial charge on any atom is -0.469 e. The Morgan fingerprint density at radius 1 is 1.00 bits per heavy atom. The minimum atomic E-state index is -0.774. The average molecular weight is 402 g/mol. The highest BCUT2D eigenvalue weighted by Crippen LogP contribution is 2.70. The lowest BCUT2D eigenvalue weighted by Crippen LogP contribution is -2.28. The van der Waals surface area contributed by atoms with Crippen LogP contribution in [-0.4, -0.2) is 32.8 Å². The van der Waals surface area contributed by atoms with E-state index in [4.69, 9.17) is 25.9 Å². The van der Waals surface area contributed by atoms with Crippen LogP contribution < -0.4 is 5.06 Å². The largest absolute Gasteiger partial charge is 0.469 e. The van der Waals surface area contributed by atoms with Crippen LogP contribution in [0.4, 0.5) is 5.69 Å². The SMILES string of the molecule is COC(=O)C1C(C(=O)OC)C12CON(c1ccccc1)C2c1ccc(Cl)cc1. The molecule has 1 saturated carbocycles.